The fourth-order valence-corrected chi connectivity index (χ4v) is 3.08. The molecule has 1 aliphatic rings. The number of nitrogens with one attached hydrogen (secondary N) is 1. The number of amides is 1. The number of rotatable bonds is 7. The third-order valence-electron chi connectivity index (χ3n) is 3.98. The first-order valence-corrected chi connectivity index (χ1v) is 7.60. The van der Waals surface area contributed by atoms with E-state index in [1.165, 1.54) is 0 Å². The average molecular weight is 276 g/mol. The van der Waals surface area contributed by atoms with Crippen molar-refractivity contribution in [2.75, 3.05) is 13.2 Å². The molecule has 0 aromatic carbocycles. The van der Waals surface area contributed by atoms with Crippen LogP contribution in [0.3, 0.4) is 0 Å². The van der Waals surface area contributed by atoms with Gasteiger partial charge in [-0.2, -0.15) is 0 Å². The lowest BCUT2D eigenvalue weighted by atomic mass is 9.97. The first kappa shape index (κ1) is 15.8. The van der Waals surface area contributed by atoms with Crippen LogP contribution in [0.2, 0.25) is 0 Å². The van der Waals surface area contributed by atoms with Gasteiger partial charge in [0.25, 0.3) is 0 Å². The fraction of sp³-hybridized carbons (Fsp3) is 0.929. The van der Waals surface area contributed by atoms with Crippen LogP contribution in [0.25, 0.3) is 0 Å². The van der Waals surface area contributed by atoms with Crippen molar-refractivity contribution in [1.29, 1.82) is 0 Å². The zero-order chi connectivity index (χ0) is 13.5. The van der Waals surface area contributed by atoms with Crippen LogP contribution in [0.4, 0.5) is 0 Å². The van der Waals surface area contributed by atoms with Crippen LogP contribution in [-0.4, -0.2) is 30.5 Å². The van der Waals surface area contributed by atoms with E-state index < -0.39 is 0 Å². The van der Waals surface area contributed by atoms with Gasteiger partial charge in [0, 0.05) is 13.2 Å². The van der Waals surface area contributed by atoms with Crippen molar-refractivity contribution in [1.82, 2.24) is 5.32 Å². The van der Waals surface area contributed by atoms with Crippen molar-refractivity contribution in [3.05, 3.63) is 0 Å². The lowest BCUT2D eigenvalue weighted by Crippen LogP contribution is -2.39. The maximum atomic E-state index is 12.1. The van der Waals surface area contributed by atoms with E-state index in [4.69, 9.17) is 16.3 Å². The van der Waals surface area contributed by atoms with E-state index >= 15 is 0 Å². The van der Waals surface area contributed by atoms with E-state index in [1.807, 2.05) is 0 Å². The van der Waals surface area contributed by atoms with Gasteiger partial charge >= 0.3 is 0 Å². The molecule has 1 N–H and O–H groups in total. The monoisotopic (exact) mass is 275 g/mol. The van der Waals surface area contributed by atoms with Gasteiger partial charge in [-0.05, 0) is 18.8 Å². The van der Waals surface area contributed by atoms with Crippen LogP contribution in [0.15, 0.2) is 0 Å². The summed E-state index contributed by atoms with van der Waals surface area (Å²) in [4.78, 5) is 12.1. The lowest BCUT2D eigenvalue weighted by molar-refractivity contribution is -0.126. The summed E-state index contributed by atoms with van der Waals surface area (Å²) in [6.45, 7) is 7.62. The second-order valence-corrected chi connectivity index (χ2v) is 5.61. The Hall–Kier alpha value is -0.280. The molecule has 3 unspecified atom stereocenters. The molecule has 0 aliphatic carbocycles. The van der Waals surface area contributed by atoms with Crippen molar-refractivity contribution in [3.8, 4) is 0 Å². The zero-order valence-corrected chi connectivity index (χ0v) is 12.5. The van der Waals surface area contributed by atoms with Crippen molar-refractivity contribution in [3.63, 3.8) is 0 Å². The topological polar surface area (TPSA) is 38.3 Å². The molecule has 1 rings (SSSR count). The van der Waals surface area contributed by atoms with Gasteiger partial charge in [-0.25, -0.2) is 0 Å². The molecule has 0 spiro atoms. The minimum absolute atomic E-state index is 0.0144. The molecular formula is C14H26ClNO2. The molecule has 3 nitrogen and oxygen atoms in total. The summed E-state index contributed by atoms with van der Waals surface area (Å²) < 4.78 is 5.54. The number of ether oxygens (including phenoxy) is 1. The van der Waals surface area contributed by atoms with E-state index in [0.29, 0.717) is 19.1 Å². The Morgan fingerprint density at radius 1 is 1.39 bits per heavy atom. The Labute approximate surface area is 116 Å². The van der Waals surface area contributed by atoms with Crippen molar-refractivity contribution >= 4 is 17.5 Å². The first-order valence-electron chi connectivity index (χ1n) is 7.17. The Morgan fingerprint density at radius 2 is 2.06 bits per heavy atom. The number of carbonyl (C=O) groups is 1. The van der Waals surface area contributed by atoms with E-state index in [1.54, 1.807) is 0 Å². The van der Waals surface area contributed by atoms with Gasteiger partial charge in [0.1, 0.15) is 0 Å². The highest BCUT2D eigenvalue weighted by molar-refractivity contribution is 6.21. The van der Waals surface area contributed by atoms with Crippen molar-refractivity contribution in [2.45, 2.75) is 57.9 Å². The highest BCUT2D eigenvalue weighted by Gasteiger charge is 2.32. The first-order chi connectivity index (χ1) is 8.63. The third-order valence-corrected chi connectivity index (χ3v) is 4.49. The Kier molecular flexibility index (Phi) is 7.02. The van der Waals surface area contributed by atoms with Crippen LogP contribution in [-0.2, 0) is 9.53 Å². The standard InChI is InChI=1S/C14H26ClNO2/c1-4-10(5-2)12(15)9-16-14(17)11-7-8-18-13(11)6-3/h10-13H,4-9H2,1-3H3,(H,16,17). The van der Waals surface area contributed by atoms with Gasteiger partial charge in [0.15, 0.2) is 0 Å². The molecule has 1 heterocycles. The molecule has 1 aliphatic heterocycles. The smallest absolute Gasteiger partial charge is 0.225 e. The van der Waals surface area contributed by atoms with E-state index in [-0.39, 0.29) is 23.3 Å². The number of hydrogen-bond donors (Lipinski definition) is 1. The second kappa shape index (κ2) is 8.00. The maximum Gasteiger partial charge on any atom is 0.225 e. The summed E-state index contributed by atoms with van der Waals surface area (Å²) in [6.07, 6.45) is 3.94. The van der Waals surface area contributed by atoms with Gasteiger partial charge in [-0.15, -0.1) is 11.6 Å². The van der Waals surface area contributed by atoms with Gasteiger partial charge in [0.05, 0.1) is 17.4 Å². The van der Waals surface area contributed by atoms with Crippen molar-refractivity contribution < 1.29 is 9.53 Å². The normalized spacial score (nSPS) is 25.4. The van der Waals surface area contributed by atoms with Gasteiger partial charge < -0.3 is 10.1 Å². The molecule has 0 saturated carbocycles. The largest absolute Gasteiger partial charge is 0.377 e. The predicted molar refractivity (Wildman–Crippen MR) is 74.9 cm³/mol. The molecule has 1 fully saturated rings. The summed E-state index contributed by atoms with van der Waals surface area (Å²) in [7, 11) is 0. The van der Waals surface area contributed by atoms with E-state index in [9.17, 15) is 4.79 Å². The molecule has 18 heavy (non-hydrogen) atoms. The summed E-state index contributed by atoms with van der Waals surface area (Å²) in [5.41, 5.74) is 0. The minimum Gasteiger partial charge on any atom is -0.377 e. The van der Waals surface area contributed by atoms with Crippen LogP contribution >= 0.6 is 11.6 Å². The SMILES string of the molecule is CCC(CC)C(Cl)CNC(=O)C1CCOC1CC. The number of halogens is 1. The maximum absolute atomic E-state index is 12.1. The molecule has 0 aromatic rings. The minimum atomic E-state index is 0.0144. The molecule has 0 bridgehead atoms. The number of alkyl halides is 1. The predicted octanol–water partition coefficient (Wildman–Crippen LogP) is 2.96. The molecule has 1 amide bonds. The zero-order valence-electron chi connectivity index (χ0n) is 11.7. The Morgan fingerprint density at radius 3 is 2.61 bits per heavy atom. The molecule has 106 valence electrons. The van der Waals surface area contributed by atoms with Gasteiger partial charge in [0.2, 0.25) is 5.91 Å². The molecule has 3 atom stereocenters. The average Bonchev–Trinajstić information content (AvgIpc) is 2.85. The van der Waals surface area contributed by atoms with Crippen LogP contribution in [0, 0.1) is 11.8 Å². The highest BCUT2D eigenvalue weighted by Crippen LogP contribution is 2.24. The third kappa shape index (κ3) is 4.13. The lowest BCUT2D eigenvalue weighted by Gasteiger charge is -2.21. The molecule has 4 heteroatoms. The van der Waals surface area contributed by atoms with Crippen LogP contribution in [0.1, 0.15) is 46.5 Å². The van der Waals surface area contributed by atoms with Crippen LogP contribution in [0.5, 0.6) is 0 Å². The Balaban J connectivity index is 2.36. The van der Waals surface area contributed by atoms with E-state index in [2.05, 4.69) is 26.1 Å². The summed E-state index contributed by atoms with van der Waals surface area (Å²) in [5.74, 6) is 0.602. The molecule has 0 aromatic heterocycles. The van der Waals surface area contributed by atoms with Crippen molar-refractivity contribution in [2.24, 2.45) is 11.8 Å². The van der Waals surface area contributed by atoms with Gasteiger partial charge in [-0.1, -0.05) is 33.6 Å². The molecule has 1 saturated heterocycles. The second-order valence-electron chi connectivity index (χ2n) is 5.05. The fourth-order valence-electron chi connectivity index (χ4n) is 2.65. The Bertz CT molecular complexity index is 256. The summed E-state index contributed by atoms with van der Waals surface area (Å²) >= 11 is 6.32. The quantitative estimate of drug-likeness (QED) is 0.726. The summed E-state index contributed by atoms with van der Waals surface area (Å²) in [5, 5.41) is 3.02. The van der Waals surface area contributed by atoms with Crippen LogP contribution < -0.4 is 5.32 Å². The van der Waals surface area contributed by atoms with Gasteiger partial charge in [-0.3, -0.25) is 4.79 Å². The number of hydrogen-bond acceptors (Lipinski definition) is 2. The highest BCUT2D eigenvalue weighted by atomic mass is 35.5. The number of carbonyl (C=O) groups excluding carboxylic acids is 1. The van der Waals surface area contributed by atoms with E-state index in [0.717, 1.165) is 25.7 Å². The molecular weight excluding hydrogens is 250 g/mol. The molecule has 0 radical (unpaired) electrons. The summed E-state index contributed by atoms with van der Waals surface area (Å²) in [6, 6.07) is 0.